The molecule has 184 valence electrons. The van der Waals surface area contributed by atoms with Crippen molar-refractivity contribution in [2.75, 3.05) is 55.2 Å². The zero-order valence-electron chi connectivity index (χ0n) is 19.7. The number of anilines is 3. The summed E-state index contributed by atoms with van der Waals surface area (Å²) in [6.07, 6.45) is 0. The van der Waals surface area contributed by atoms with Crippen molar-refractivity contribution in [1.82, 2.24) is 14.8 Å². The summed E-state index contributed by atoms with van der Waals surface area (Å²) in [5.74, 6) is -0.0717. The molecule has 4 rings (SSSR count). The number of fused-ring (bicyclic) bond motifs is 1. The standard InChI is InChI=1S/C25H28Cl2N6O2/c1-3-32-8-10-33(11-9-32)15-24(34)31-23-12-16(2)28-22-7-5-17(13-19(22)23)29-25(35)30-18-4-6-20(26)21(27)14-18/h4-7,12-14H,3,8-11,15H2,1-2H3,(H,28,31,34)(H2,29,30,35). The second-order valence-electron chi connectivity index (χ2n) is 8.51. The summed E-state index contributed by atoms with van der Waals surface area (Å²) in [6.45, 7) is 9.10. The van der Waals surface area contributed by atoms with Gasteiger partial charge in [-0.3, -0.25) is 14.7 Å². The molecule has 0 radical (unpaired) electrons. The first-order chi connectivity index (χ1) is 16.8. The molecule has 0 aliphatic carbocycles. The lowest BCUT2D eigenvalue weighted by atomic mass is 10.1. The van der Waals surface area contributed by atoms with E-state index in [9.17, 15) is 9.59 Å². The monoisotopic (exact) mass is 514 g/mol. The maximum absolute atomic E-state index is 12.8. The summed E-state index contributed by atoms with van der Waals surface area (Å²) in [6, 6.07) is 11.6. The molecule has 10 heteroatoms. The highest BCUT2D eigenvalue weighted by molar-refractivity contribution is 6.42. The van der Waals surface area contributed by atoms with Gasteiger partial charge in [-0.1, -0.05) is 30.1 Å². The number of nitrogens with one attached hydrogen (secondary N) is 3. The van der Waals surface area contributed by atoms with E-state index < -0.39 is 6.03 Å². The summed E-state index contributed by atoms with van der Waals surface area (Å²) in [4.78, 5) is 34.4. The van der Waals surface area contributed by atoms with Crippen molar-refractivity contribution >= 4 is 63.1 Å². The van der Waals surface area contributed by atoms with Crippen LogP contribution in [0.5, 0.6) is 0 Å². The third-order valence-electron chi connectivity index (χ3n) is 5.93. The normalized spacial score (nSPS) is 14.6. The number of halogens is 2. The van der Waals surface area contributed by atoms with Crippen LogP contribution in [0.1, 0.15) is 12.6 Å². The number of piperazine rings is 1. The van der Waals surface area contributed by atoms with Crippen LogP contribution in [-0.2, 0) is 4.79 Å². The number of aryl methyl sites for hydroxylation is 1. The molecule has 0 saturated carbocycles. The Hall–Kier alpha value is -2.91. The minimum atomic E-state index is -0.431. The van der Waals surface area contributed by atoms with Crippen molar-refractivity contribution in [1.29, 1.82) is 0 Å². The van der Waals surface area contributed by atoms with Gasteiger partial charge < -0.3 is 20.9 Å². The molecule has 1 aliphatic rings. The molecule has 3 N–H and O–H groups in total. The fourth-order valence-electron chi connectivity index (χ4n) is 4.06. The third-order valence-corrected chi connectivity index (χ3v) is 6.66. The maximum atomic E-state index is 12.8. The van der Waals surface area contributed by atoms with E-state index in [1.807, 2.05) is 19.1 Å². The van der Waals surface area contributed by atoms with E-state index in [1.165, 1.54) is 0 Å². The highest BCUT2D eigenvalue weighted by Gasteiger charge is 2.18. The van der Waals surface area contributed by atoms with Gasteiger partial charge >= 0.3 is 6.03 Å². The quantitative estimate of drug-likeness (QED) is 0.427. The molecule has 0 bridgehead atoms. The smallest absolute Gasteiger partial charge is 0.323 e. The number of amides is 3. The number of hydrogen-bond donors (Lipinski definition) is 3. The number of hydrogen-bond acceptors (Lipinski definition) is 5. The molecular weight excluding hydrogens is 487 g/mol. The Labute approximate surface area is 214 Å². The first-order valence-electron chi connectivity index (χ1n) is 11.5. The van der Waals surface area contributed by atoms with Crippen molar-refractivity contribution in [3.05, 3.63) is 58.2 Å². The van der Waals surface area contributed by atoms with Crippen LogP contribution in [0.15, 0.2) is 42.5 Å². The lowest BCUT2D eigenvalue weighted by Crippen LogP contribution is -2.48. The zero-order valence-corrected chi connectivity index (χ0v) is 21.2. The molecule has 3 aromatic rings. The summed E-state index contributed by atoms with van der Waals surface area (Å²) in [5, 5.41) is 10.1. The van der Waals surface area contributed by atoms with Crippen LogP contribution >= 0.6 is 23.2 Å². The van der Waals surface area contributed by atoms with Gasteiger partial charge in [0.2, 0.25) is 5.91 Å². The van der Waals surface area contributed by atoms with Crippen LogP contribution < -0.4 is 16.0 Å². The molecule has 1 saturated heterocycles. The van der Waals surface area contributed by atoms with E-state index in [4.69, 9.17) is 23.2 Å². The lowest BCUT2D eigenvalue weighted by molar-refractivity contribution is -0.117. The van der Waals surface area contributed by atoms with Gasteiger partial charge in [-0.2, -0.15) is 0 Å². The first kappa shape index (κ1) is 25.2. The number of carbonyl (C=O) groups excluding carboxylic acids is 2. The minimum absolute atomic E-state index is 0.0717. The van der Waals surface area contributed by atoms with Crippen LogP contribution in [0.4, 0.5) is 21.9 Å². The number of carbonyl (C=O) groups is 2. The van der Waals surface area contributed by atoms with E-state index in [1.54, 1.807) is 30.3 Å². The van der Waals surface area contributed by atoms with Gasteiger partial charge in [0, 0.05) is 48.6 Å². The Balaban J connectivity index is 1.45. The average Bonchev–Trinajstić information content (AvgIpc) is 2.82. The molecule has 0 atom stereocenters. The van der Waals surface area contributed by atoms with Gasteiger partial charge in [0.25, 0.3) is 0 Å². The van der Waals surface area contributed by atoms with Crippen molar-refractivity contribution in [2.45, 2.75) is 13.8 Å². The summed E-state index contributed by atoms with van der Waals surface area (Å²) < 4.78 is 0. The van der Waals surface area contributed by atoms with Crippen LogP contribution in [0.3, 0.4) is 0 Å². The SMILES string of the molecule is CCN1CCN(CC(=O)Nc2cc(C)nc3ccc(NC(=O)Nc4ccc(Cl)c(Cl)c4)cc23)CC1. The molecule has 1 fully saturated rings. The fraction of sp³-hybridized carbons (Fsp3) is 0.320. The van der Waals surface area contributed by atoms with Gasteiger partial charge in [0.15, 0.2) is 0 Å². The zero-order chi connectivity index (χ0) is 24.9. The van der Waals surface area contributed by atoms with E-state index >= 15 is 0 Å². The molecule has 8 nitrogen and oxygen atoms in total. The summed E-state index contributed by atoms with van der Waals surface area (Å²) >= 11 is 11.9. The first-order valence-corrected chi connectivity index (χ1v) is 12.3. The molecule has 0 spiro atoms. The molecule has 35 heavy (non-hydrogen) atoms. The molecule has 2 heterocycles. The number of pyridine rings is 1. The Bertz CT molecular complexity index is 1240. The van der Waals surface area contributed by atoms with Gasteiger partial charge in [0.05, 0.1) is 27.8 Å². The molecule has 1 aliphatic heterocycles. The Morgan fingerprint density at radius 2 is 1.54 bits per heavy atom. The van der Waals surface area contributed by atoms with Gasteiger partial charge in [0.1, 0.15) is 0 Å². The minimum Gasteiger partial charge on any atom is -0.324 e. The van der Waals surface area contributed by atoms with E-state index in [-0.39, 0.29) is 5.91 Å². The van der Waals surface area contributed by atoms with Crippen LogP contribution in [0.25, 0.3) is 10.9 Å². The predicted molar refractivity (Wildman–Crippen MR) is 143 cm³/mol. The molecule has 2 aromatic carbocycles. The van der Waals surface area contributed by atoms with Crippen LogP contribution in [0.2, 0.25) is 10.0 Å². The summed E-state index contributed by atoms with van der Waals surface area (Å²) in [7, 11) is 0. The summed E-state index contributed by atoms with van der Waals surface area (Å²) in [5.41, 5.74) is 3.27. The van der Waals surface area contributed by atoms with E-state index in [2.05, 4.69) is 37.7 Å². The van der Waals surface area contributed by atoms with Crippen molar-refractivity contribution in [2.24, 2.45) is 0 Å². The van der Waals surface area contributed by atoms with Gasteiger partial charge in [-0.15, -0.1) is 0 Å². The van der Waals surface area contributed by atoms with Crippen molar-refractivity contribution in [3.63, 3.8) is 0 Å². The molecular formula is C25H28Cl2N6O2. The third kappa shape index (κ3) is 6.61. The molecule has 3 amide bonds. The lowest BCUT2D eigenvalue weighted by Gasteiger charge is -2.33. The maximum Gasteiger partial charge on any atom is 0.323 e. The largest absolute Gasteiger partial charge is 0.324 e. The van der Waals surface area contributed by atoms with E-state index in [0.717, 1.165) is 49.3 Å². The average molecular weight is 515 g/mol. The van der Waals surface area contributed by atoms with Crippen molar-refractivity contribution < 1.29 is 9.59 Å². The highest BCUT2D eigenvalue weighted by Crippen LogP contribution is 2.27. The van der Waals surface area contributed by atoms with Crippen molar-refractivity contribution in [3.8, 4) is 0 Å². The molecule has 1 aromatic heterocycles. The Morgan fingerprint density at radius 3 is 2.23 bits per heavy atom. The fourth-order valence-corrected chi connectivity index (χ4v) is 4.36. The number of benzene rings is 2. The van der Waals surface area contributed by atoms with Crippen LogP contribution in [-0.4, -0.2) is 66.0 Å². The second kappa shape index (κ2) is 11.2. The number of nitrogens with zero attached hydrogens (tertiary/aromatic N) is 3. The van der Waals surface area contributed by atoms with Gasteiger partial charge in [-0.25, -0.2) is 4.79 Å². The van der Waals surface area contributed by atoms with Crippen LogP contribution in [0, 0.1) is 6.92 Å². The second-order valence-corrected chi connectivity index (χ2v) is 9.32. The predicted octanol–water partition coefficient (Wildman–Crippen LogP) is 5.07. The highest BCUT2D eigenvalue weighted by atomic mass is 35.5. The number of likely N-dealkylation sites (N-methyl/N-ethyl adjacent to an activating group) is 1. The Morgan fingerprint density at radius 1 is 0.886 bits per heavy atom. The number of urea groups is 1. The molecule has 0 unspecified atom stereocenters. The number of rotatable bonds is 6. The number of aromatic nitrogens is 1. The topological polar surface area (TPSA) is 89.6 Å². The van der Waals surface area contributed by atoms with Gasteiger partial charge in [-0.05, 0) is 55.9 Å². The van der Waals surface area contributed by atoms with E-state index in [0.29, 0.717) is 33.7 Å². The Kier molecular flexibility index (Phi) is 8.07.